The lowest BCUT2D eigenvalue weighted by Crippen LogP contribution is -2.43. The van der Waals surface area contributed by atoms with Crippen molar-refractivity contribution in [3.63, 3.8) is 0 Å². The Morgan fingerprint density at radius 2 is 2.24 bits per heavy atom. The smallest absolute Gasteiger partial charge is 0.127 e. The number of nitrogens with two attached hydrogens (primary N) is 1. The lowest BCUT2D eigenvalue weighted by Gasteiger charge is -2.41. The molecular formula is C17H25FN2O. The largest absolute Gasteiger partial charge is 0.487 e. The van der Waals surface area contributed by atoms with Crippen molar-refractivity contribution in [2.24, 2.45) is 5.73 Å². The molecule has 3 rings (SSSR count). The summed E-state index contributed by atoms with van der Waals surface area (Å²) in [7, 11) is 0. The summed E-state index contributed by atoms with van der Waals surface area (Å²) < 4.78 is 19.8. The van der Waals surface area contributed by atoms with E-state index in [0.717, 1.165) is 50.9 Å². The second-order valence-electron chi connectivity index (χ2n) is 6.47. The fourth-order valence-electron chi connectivity index (χ4n) is 3.76. The Balaban J connectivity index is 1.80. The van der Waals surface area contributed by atoms with Crippen molar-refractivity contribution in [2.75, 3.05) is 19.6 Å². The van der Waals surface area contributed by atoms with Crippen LogP contribution in [0.15, 0.2) is 18.2 Å². The highest BCUT2D eigenvalue weighted by atomic mass is 19.1. The number of ether oxygens (including phenoxy) is 1. The average Bonchev–Trinajstić information content (AvgIpc) is 2.62. The van der Waals surface area contributed by atoms with Gasteiger partial charge in [-0.25, -0.2) is 4.39 Å². The molecule has 3 nitrogen and oxygen atoms in total. The fraction of sp³-hybridized carbons (Fsp3) is 0.647. The van der Waals surface area contributed by atoms with Crippen LogP contribution in [0.2, 0.25) is 0 Å². The van der Waals surface area contributed by atoms with E-state index >= 15 is 0 Å². The summed E-state index contributed by atoms with van der Waals surface area (Å²) in [6.07, 6.45) is 5.14. The van der Waals surface area contributed by atoms with Gasteiger partial charge in [-0.15, -0.1) is 0 Å². The first kappa shape index (κ1) is 14.8. The molecule has 0 aliphatic carbocycles. The van der Waals surface area contributed by atoms with E-state index in [1.807, 2.05) is 0 Å². The van der Waals surface area contributed by atoms with Gasteiger partial charge in [0.05, 0.1) is 0 Å². The third-order valence-corrected chi connectivity index (χ3v) is 4.82. The predicted molar refractivity (Wildman–Crippen MR) is 81.9 cm³/mol. The quantitative estimate of drug-likeness (QED) is 0.909. The van der Waals surface area contributed by atoms with Crippen molar-refractivity contribution in [3.05, 3.63) is 29.6 Å². The summed E-state index contributed by atoms with van der Waals surface area (Å²) in [5, 5.41) is 0. The highest BCUT2D eigenvalue weighted by molar-refractivity contribution is 5.39. The highest BCUT2D eigenvalue weighted by Gasteiger charge is 2.40. The molecule has 116 valence electrons. The van der Waals surface area contributed by atoms with Crippen LogP contribution in [-0.4, -0.2) is 30.1 Å². The van der Waals surface area contributed by atoms with Gasteiger partial charge < -0.3 is 15.4 Å². The van der Waals surface area contributed by atoms with E-state index in [2.05, 4.69) is 11.8 Å². The summed E-state index contributed by atoms with van der Waals surface area (Å²) in [4.78, 5) is 2.50. The molecule has 1 fully saturated rings. The second-order valence-corrected chi connectivity index (χ2v) is 6.47. The van der Waals surface area contributed by atoms with Crippen LogP contribution in [-0.2, 0) is 0 Å². The molecule has 0 amide bonds. The molecule has 2 aliphatic heterocycles. The number of hydrogen-bond acceptors (Lipinski definition) is 3. The minimum absolute atomic E-state index is 0.0490. The van der Waals surface area contributed by atoms with Gasteiger partial charge in [0.15, 0.2) is 0 Å². The lowest BCUT2D eigenvalue weighted by atomic mass is 9.82. The van der Waals surface area contributed by atoms with Crippen molar-refractivity contribution >= 4 is 0 Å². The average molecular weight is 292 g/mol. The van der Waals surface area contributed by atoms with Gasteiger partial charge in [-0.1, -0.05) is 13.0 Å². The van der Waals surface area contributed by atoms with Crippen LogP contribution >= 0.6 is 0 Å². The number of hydrogen-bond donors (Lipinski definition) is 1. The number of halogens is 1. The molecular weight excluding hydrogens is 267 g/mol. The number of rotatable bonds is 2. The van der Waals surface area contributed by atoms with Gasteiger partial charge >= 0.3 is 0 Å². The van der Waals surface area contributed by atoms with Gasteiger partial charge in [0, 0.05) is 30.6 Å². The topological polar surface area (TPSA) is 38.5 Å². The molecule has 0 bridgehead atoms. The molecule has 1 aromatic carbocycles. The van der Waals surface area contributed by atoms with E-state index in [1.165, 1.54) is 18.6 Å². The van der Waals surface area contributed by atoms with Crippen LogP contribution in [0.5, 0.6) is 5.75 Å². The molecule has 0 aromatic heterocycles. The molecule has 2 aliphatic rings. The Hall–Kier alpha value is -1.13. The summed E-state index contributed by atoms with van der Waals surface area (Å²) in [6, 6.07) is 4.68. The number of benzene rings is 1. The summed E-state index contributed by atoms with van der Waals surface area (Å²) in [5.74, 6) is 0.400. The van der Waals surface area contributed by atoms with Gasteiger partial charge in [0.2, 0.25) is 0 Å². The van der Waals surface area contributed by atoms with Gasteiger partial charge in [0.25, 0.3) is 0 Å². The Morgan fingerprint density at radius 1 is 1.38 bits per heavy atom. The number of nitrogens with zero attached hydrogens (tertiary/aromatic N) is 1. The molecule has 0 saturated carbocycles. The molecule has 21 heavy (non-hydrogen) atoms. The number of fused-ring (bicyclic) bond motifs is 1. The zero-order chi connectivity index (χ0) is 14.9. The van der Waals surface area contributed by atoms with E-state index in [1.54, 1.807) is 6.07 Å². The first-order valence-corrected chi connectivity index (χ1v) is 8.08. The van der Waals surface area contributed by atoms with Crippen molar-refractivity contribution < 1.29 is 9.13 Å². The molecule has 1 aromatic rings. The van der Waals surface area contributed by atoms with Crippen molar-refractivity contribution in [3.8, 4) is 5.75 Å². The molecule has 2 N–H and O–H groups in total. The van der Waals surface area contributed by atoms with Crippen LogP contribution in [0.4, 0.5) is 4.39 Å². The maximum Gasteiger partial charge on any atom is 0.127 e. The van der Waals surface area contributed by atoms with Gasteiger partial charge in [-0.2, -0.15) is 0 Å². The van der Waals surface area contributed by atoms with E-state index in [0.29, 0.717) is 5.75 Å². The molecule has 1 unspecified atom stereocenters. The van der Waals surface area contributed by atoms with Crippen molar-refractivity contribution in [1.82, 2.24) is 4.90 Å². The maximum atomic E-state index is 13.5. The molecule has 2 heterocycles. The summed E-state index contributed by atoms with van der Waals surface area (Å²) in [6.45, 7) is 5.54. The monoisotopic (exact) mass is 292 g/mol. The van der Waals surface area contributed by atoms with Crippen LogP contribution in [0, 0.1) is 5.82 Å². The fourth-order valence-corrected chi connectivity index (χ4v) is 3.76. The predicted octanol–water partition coefficient (Wildman–Crippen LogP) is 3.24. The van der Waals surface area contributed by atoms with Gasteiger partial charge in [-0.05, 0) is 44.8 Å². The first-order valence-electron chi connectivity index (χ1n) is 8.08. The zero-order valence-electron chi connectivity index (χ0n) is 12.8. The molecule has 1 spiro atoms. The van der Waals surface area contributed by atoms with Crippen LogP contribution < -0.4 is 10.5 Å². The molecule has 4 heteroatoms. The number of likely N-dealkylation sites (tertiary alicyclic amines) is 1. The van der Waals surface area contributed by atoms with Gasteiger partial charge in [0.1, 0.15) is 17.2 Å². The van der Waals surface area contributed by atoms with Crippen molar-refractivity contribution in [2.45, 2.75) is 50.7 Å². The Bertz CT molecular complexity index is 508. The Morgan fingerprint density at radius 3 is 3.05 bits per heavy atom. The van der Waals surface area contributed by atoms with Crippen LogP contribution in [0.25, 0.3) is 0 Å². The third-order valence-electron chi connectivity index (χ3n) is 4.82. The molecule has 1 saturated heterocycles. The van der Waals surface area contributed by atoms with E-state index in [-0.39, 0.29) is 17.5 Å². The summed E-state index contributed by atoms with van der Waals surface area (Å²) >= 11 is 0. The third kappa shape index (κ3) is 3.06. The maximum absolute atomic E-state index is 13.5. The van der Waals surface area contributed by atoms with E-state index in [4.69, 9.17) is 10.5 Å². The minimum atomic E-state index is -0.251. The normalized spacial score (nSPS) is 29.8. The second kappa shape index (κ2) is 5.93. The standard InChI is InChI=1S/C17H25FN2O/c1-2-8-20-9-3-6-17(7-10-20)12-15(19)14-5-4-13(18)11-16(14)21-17/h4-5,11,15H,2-3,6-10,12,19H2,1H3/t15-,17?/m1/s1. The first-order chi connectivity index (χ1) is 10.1. The van der Waals surface area contributed by atoms with Crippen LogP contribution in [0.3, 0.4) is 0 Å². The Labute approximate surface area is 126 Å². The minimum Gasteiger partial charge on any atom is -0.487 e. The van der Waals surface area contributed by atoms with Gasteiger partial charge in [-0.3, -0.25) is 0 Å². The summed E-state index contributed by atoms with van der Waals surface area (Å²) in [5.41, 5.74) is 7.07. The van der Waals surface area contributed by atoms with E-state index < -0.39 is 0 Å². The SMILES string of the molecule is CCCN1CCCC2(CC1)C[C@@H](N)c1ccc(F)cc1O2. The molecule has 0 radical (unpaired) electrons. The Kier molecular flexibility index (Phi) is 4.18. The zero-order valence-corrected chi connectivity index (χ0v) is 12.8. The van der Waals surface area contributed by atoms with Crippen molar-refractivity contribution in [1.29, 1.82) is 0 Å². The lowest BCUT2D eigenvalue weighted by molar-refractivity contribution is 0.0214. The highest BCUT2D eigenvalue weighted by Crippen LogP contribution is 2.43. The molecule has 2 atom stereocenters. The van der Waals surface area contributed by atoms with E-state index in [9.17, 15) is 4.39 Å². The van der Waals surface area contributed by atoms with Crippen LogP contribution in [0.1, 0.15) is 50.6 Å².